The van der Waals surface area contributed by atoms with E-state index >= 15 is 0 Å². The molecule has 0 aromatic heterocycles. The molecule has 6 nitrogen and oxygen atoms in total. The molecular formula is C20H22ClF3N2O4S. The van der Waals surface area contributed by atoms with E-state index in [0.29, 0.717) is 5.56 Å². The number of ether oxygens (including phenoxy) is 1. The van der Waals surface area contributed by atoms with E-state index in [-0.39, 0.29) is 40.9 Å². The van der Waals surface area contributed by atoms with Gasteiger partial charge in [-0.1, -0.05) is 37.6 Å². The minimum atomic E-state index is -4.46. The maximum Gasteiger partial charge on any atom is 0.422 e. The first kappa shape index (κ1) is 25.0. The van der Waals surface area contributed by atoms with Gasteiger partial charge in [-0.25, -0.2) is 8.42 Å². The summed E-state index contributed by atoms with van der Waals surface area (Å²) >= 11 is 6.06. The monoisotopic (exact) mass is 478 g/mol. The molecule has 0 bridgehead atoms. The van der Waals surface area contributed by atoms with E-state index < -0.39 is 28.7 Å². The minimum absolute atomic E-state index is 0.00188. The molecule has 0 fully saturated rings. The van der Waals surface area contributed by atoms with Gasteiger partial charge in [0.25, 0.3) is 5.91 Å². The smallest absolute Gasteiger partial charge is 0.422 e. The molecular weight excluding hydrogens is 457 g/mol. The third-order valence-corrected chi connectivity index (χ3v) is 6.80. The average molecular weight is 479 g/mol. The van der Waals surface area contributed by atoms with Crippen molar-refractivity contribution in [2.45, 2.75) is 31.5 Å². The number of halogens is 4. The van der Waals surface area contributed by atoms with Crippen molar-refractivity contribution >= 4 is 27.5 Å². The summed E-state index contributed by atoms with van der Waals surface area (Å²) in [6.45, 7) is 2.47. The predicted octanol–water partition coefficient (Wildman–Crippen LogP) is 4.24. The van der Waals surface area contributed by atoms with E-state index in [1.807, 2.05) is 0 Å². The van der Waals surface area contributed by atoms with Gasteiger partial charge in [0.05, 0.1) is 5.02 Å². The Kier molecular flexibility index (Phi) is 8.33. The molecule has 2 rings (SSSR count). The van der Waals surface area contributed by atoms with Crippen LogP contribution < -0.4 is 10.1 Å². The van der Waals surface area contributed by atoms with Crippen molar-refractivity contribution in [2.75, 3.05) is 19.7 Å². The first-order valence-corrected chi connectivity index (χ1v) is 11.2. The summed E-state index contributed by atoms with van der Waals surface area (Å²) in [6, 6.07) is 9.79. The standard InChI is InChI=1S/C20H22ClF3N2O4S/c1-3-26(4-2)31(28,29)18-11-15(8-9-17(18)21)19(27)25-12-14-6-5-7-16(10-14)30-13-20(22,23)24/h5-11H,3-4,12-13H2,1-2H3,(H,25,27). The van der Waals surface area contributed by atoms with Crippen LogP contribution in [-0.2, 0) is 16.6 Å². The van der Waals surface area contributed by atoms with E-state index in [1.54, 1.807) is 19.9 Å². The molecule has 0 aliphatic carbocycles. The van der Waals surface area contributed by atoms with E-state index in [2.05, 4.69) is 10.1 Å². The van der Waals surface area contributed by atoms with Crippen molar-refractivity contribution in [2.24, 2.45) is 0 Å². The molecule has 0 aliphatic heterocycles. The third-order valence-electron chi connectivity index (χ3n) is 4.27. The second-order valence-electron chi connectivity index (χ2n) is 6.47. The molecule has 0 radical (unpaired) electrons. The van der Waals surface area contributed by atoms with Gasteiger partial charge in [-0.2, -0.15) is 17.5 Å². The average Bonchev–Trinajstić information content (AvgIpc) is 2.71. The van der Waals surface area contributed by atoms with Gasteiger partial charge in [0.15, 0.2) is 6.61 Å². The van der Waals surface area contributed by atoms with Crippen LogP contribution in [0.1, 0.15) is 29.8 Å². The van der Waals surface area contributed by atoms with Crippen LogP contribution in [-0.4, -0.2) is 44.5 Å². The number of carbonyl (C=O) groups is 1. The fraction of sp³-hybridized carbons (Fsp3) is 0.350. The largest absolute Gasteiger partial charge is 0.484 e. The predicted molar refractivity (Wildman–Crippen MR) is 111 cm³/mol. The Morgan fingerprint density at radius 1 is 1.13 bits per heavy atom. The number of carbonyl (C=O) groups excluding carboxylic acids is 1. The lowest BCUT2D eigenvalue weighted by molar-refractivity contribution is -0.153. The van der Waals surface area contributed by atoms with Crippen molar-refractivity contribution in [3.05, 3.63) is 58.6 Å². The highest BCUT2D eigenvalue weighted by Crippen LogP contribution is 2.26. The van der Waals surface area contributed by atoms with Crippen molar-refractivity contribution in [1.82, 2.24) is 9.62 Å². The number of nitrogens with zero attached hydrogens (tertiary/aromatic N) is 1. The molecule has 1 amide bonds. The number of nitrogens with one attached hydrogen (secondary N) is 1. The molecule has 0 spiro atoms. The molecule has 0 unspecified atom stereocenters. The van der Waals surface area contributed by atoms with Crippen molar-refractivity contribution in [1.29, 1.82) is 0 Å². The van der Waals surface area contributed by atoms with Crippen LogP contribution in [0.2, 0.25) is 5.02 Å². The molecule has 0 saturated heterocycles. The van der Waals surface area contributed by atoms with E-state index in [4.69, 9.17) is 11.6 Å². The van der Waals surface area contributed by atoms with Gasteiger partial charge in [0.2, 0.25) is 10.0 Å². The Hall–Kier alpha value is -2.30. The van der Waals surface area contributed by atoms with Gasteiger partial charge in [0, 0.05) is 25.2 Å². The fourth-order valence-electron chi connectivity index (χ4n) is 2.74. The van der Waals surface area contributed by atoms with Gasteiger partial charge < -0.3 is 10.1 Å². The normalized spacial score (nSPS) is 12.1. The lowest BCUT2D eigenvalue weighted by Gasteiger charge is -2.19. The van der Waals surface area contributed by atoms with Crippen LogP contribution in [0.5, 0.6) is 5.75 Å². The fourth-order valence-corrected chi connectivity index (χ4v) is 4.70. The SMILES string of the molecule is CCN(CC)S(=O)(=O)c1cc(C(=O)NCc2cccc(OCC(F)(F)F)c2)ccc1Cl. The van der Waals surface area contributed by atoms with Crippen molar-refractivity contribution < 1.29 is 31.1 Å². The molecule has 170 valence electrons. The third kappa shape index (κ3) is 6.84. The summed E-state index contributed by atoms with van der Waals surface area (Å²) in [5, 5.41) is 2.60. The van der Waals surface area contributed by atoms with Crippen molar-refractivity contribution in [3.63, 3.8) is 0 Å². The first-order valence-electron chi connectivity index (χ1n) is 9.34. The highest BCUT2D eigenvalue weighted by Gasteiger charge is 2.28. The van der Waals surface area contributed by atoms with Gasteiger partial charge in [-0.05, 0) is 35.9 Å². The van der Waals surface area contributed by atoms with Crippen LogP contribution in [0.4, 0.5) is 13.2 Å². The maximum atomic E-state index is 12.8. The van der Waals surface area contributed by atoms with Gasteiger partial charge in [0.1, 0.15) is 10.6 Å². The van der Waals surface area contributed by atoms with E-state index in [9.17, 15) is 26.4 Å². The lowest BCUT2D eigenvalue weighted by atomic mass is 10.2. The van der Waals surface area contributed by atoms with E-state index in [1.165, 1.54) is 40.7 Å². The number of benzene rings is 2. The molecule has 1 N–H and O–H groups in total. The summed E-state index contributed by atoms with van der Waals surface area (Å²) < 4.78 is 68.3. The Balaban J connectivity index is 2.13. The number of alkyl halides is 3. The molecule has 0 heterocycles. The zero-order chi connectivity index (χ0) is 23.2. The van der Waals surface area contributed by atoms with Crippen LogP contribution in [0.15, 0.2) is 47.4 Å². The summed E-state index contributed by atoms with van der Waals surface area (Å²) in [7, 11) is -3.87. The van der Waals surface area contributed by atoms with Crippen LogP contribution >= 0.6 is 11.6 Å². The number of hydrogen-bond acceptors (Lipinski definition) is 4. The zero-order valence-electron chi connectivity index (χ0n) is 16.9. The Morgan fingerprint density at radius 2 is 1.81 bits per heavy atom. The molecule has 0 atom stereocenters. The maximum absolute atomic E-state index is 12.8. The van der Waals surface area contributed by atoms with Crippen LogP contribution in [0, 0.1) is 0 Å². The Morgan fingerprint density at radius 3 is 2.42 bits per heavy atom. The molecule has 2 aromatic carbocycles. The second kappa shape index (κ2) is 10.3. The van der Waals surface area contributed by atoms with Gasteiger partial charge in [-0.3, -0.25) is 4.79 Å². The number of rotatable bonds is 9. The summed E-state index contributed by atoms with van der Waals surface area (Å²) in [6.07, 6.45) is -4.46. The quantitative estimate of drug-likeness (QED) is 0.585. The highest BCUT2D eigenvalue weighted by molar-refractivity contribution is 7.89. The van der Waals surface area contributed by atoms with Gasteiger partial charge in [-0.15, -0.1) is 0 Å². The first-order chi connectivity index (χ1) is 14.5. The summed E-state index contributed by atoms with van der Waals surface area (Å²) in [5.74, 6) is -0.544. The minimum Gasteiger partial charge on any atom is -0.484 e. The van der Waals surface area contributed by atoms with Crippen LogP contribution in [0.3, 0.4) is 0 Å². The topological polar surface area (TPSA) is 75.7 Å². The number of amides is 1. The summed E-state index contributed by atoms with van der Waals surface area (Å²) in [4.78, 5) is 12.3. The number of sulfonamides is 1. The van der Waals surface area contributed by atoms with E-state index in [0.717, 1.165) is 0 Å². The van der Waals surface area contributed by atoms with Crippen molar-refractivity contribution in [3.8, 4) is 5.75 Å². The Labute approximate surface area is 184 Å². The molecule has 0 saturated carbocycles. The zero-order valence-corrected chi connectivity index (χ0v) is 18.4. The lowest BCUT2D eigenvalue weighted by Crippen LogP contribution is -2.31. The molecule has 0 aliphatic rings. The summed E-state index contributed by atoms with van der Waals surface area (Å²) in [5.41, 5.74) is 0.595. The molecule has 2 aromatic rings. The Bertz CT molecular complexity index is 1030. The molecule has 11 heteroatoms. The molecule has 31 heavy (non-hydrogen) atoms. The van der Waals surface area contributed by atoms with Gasteiger partial charge >= 0.3 is 6.18 Å². The number of hydrogen-bond donors (Lipinski definition) is 1. The highest BCUT2D eigenvalue weighted by atomic mass is 35.5. The van der Waals surface area contributed by atoms with Crippen LogP contribution in [0.25, 0.3) is 0 Å². The second-order valence-corrected chi connectivity index (χ2v) is 8.78.